The van der Waals surface area contributed by atoms with E-state index >= 15 is 0 Å². The van der Waals surface area contributed by atoms with Crippen LogP contribution in [0.3, 0.4) is 0 Å². The van der Waals surface area contributed by atoms with Crippen LogP contribution in [-0.4, -0.2) is 56.8 Å². The number of anilines is 2. The number of hydrogen-bond donors (Lipinski definition) is 3. The summed E-state index contributed by atoms with van der Waals surface area (Å²) in [4.78, 5) is 52.1. The predicted molar refractivity (Wildman–Crippen MR) is 180 cm³/mol. The highest BCUT2D eigenvalue weighted by molar-refractivity contribution is 6.34. The number of hydrogen-bond acceptors (Lipinski definition) is 7. The quantitative estimate of drug-likeness (QED) is 0.189. The van der Waals surface area contributed by atoms with E-state index in [2.05, 4.69) is 25.6 Å². The molecule has 5 rings (SSSR count). The van der Waals surface area contributed by atoms with Crippen LogP contribution in [0.1, 0.15) is 57.6 Å². The fraction of sp³-hybridized carbons (Fsp3) is 0.382. The lowest BCUT2D eigenvalue weighted by Crippen LogP contribution is -2.46. The van der Waals surface area contributed by atoms with Gasteiger partial charge in [0.2, 0.25) is 0 Å². The van der Waals surface area contributed by atoms with Gasteiger partial charge in [-0.1, -0.05) is 40.9 Å². The third kappa shape index (κ3) is 7.95. The molecule has 0 saturated carbocycles. The van der Waals surface area contributed by atoms with Crippen molar-refractivity contribution in [3.63, 3.8) is 0 Å². The molecule has 1 atom stereocenters. The van der Waals surface area contributed by atoms with Crippen LogP contribution in [0.25, 0.3) is 22.0 Å². The molecule has 1 unspecified atom stereocenters. The van der Waals surface area contributed by atoms with Crippen molar-refractivity contribution >= 4 is 46.1 Å². The molecule has 1 saturated heterocycles. The van der Waals surface area contributed by atoms with Crippen LogP contribution in [0.5, 0.6) is 5.75 Å². The monoisotopic (exact) mass is 646 g/mol. The van der Waals surface area contributed by atoms with Gasteiger partial charge in [0.25, 0.3) is 5.56 Å². The first kappa shape index (κ1) is 32.7. The molecular formula is C34H39ClN6O5. The lowest BCUT2D eigenvalue weighted by atomic mass is 9.98. The second-order valence-corrected chi connectivity index (χ2v) is 13.0. The maximum absolute atomic E-state index is 13.7. The summed E-state index contributed by atoms with van der Waals surface area (Å²) < 4.78 is 12.2. The number of benzene rings is 2. The van der Waals surface area contributed by atoms with Crippen molar-refractivity contribution in [2.45, 2.75) is 71.9 Å². The van der Waals surface area contributed by atoms with Crippen molar-refractivity contribution in [1.82, 2.24) is 19.9 Å². The van der Waals surface area contributed by atoms with Gasteiger partial charge in [0.1, 0.15) is 23.5 Å². The van der Waals surface area contributed by atoms with E-state index < -0.39 is 11.6 Å². The van der Waals surface area contributed by atoms with E-state index in [4.69, 9.17) is 21.1 Å². The van der Waals surface area contributed by atoms with Crippen molar-refractivity contribution in [1.29, 1.82) is 0 Å². The SMILES string of the molecule is Cc1cc(C)cc(-c2c(OCCC3CCCCN3C(=O)OC(C)(C)C)c3cc(NC(=O)Nc4ccncn4)c(Cl)cc3[nH]c2=O)c1. The summed E-state index contributed by atoms with van der Waals surface area (Å²) in [7, 11) is 0. The summed E-state index contributed by atoms with van der Waals surface area (Å²) >= 11 is 6.57. The Morgan fingerprint density at radius 1 is 1.09 bits per heavy atom. The molecule has 2 aromatic heterocycles. The summed E-state index contributed by atoms with van der Waals surface area (Å²) in [6, 6.07) is 10.1. The highest BCUT2D eigenvalue weighted by Gasteiger charge is 2.30. The van der Waals surface area contributed by atoms with E-state index in [9.17, 15) is 14.4 Å². The molecule has 3 N–H and O–H groups in total. The number of aryl methyl sites for hydroxylation is 2. The molecule has 0 aliphatic carbocycles. The van der Waals surface area contributed by atoms with Gasteiger partial charge in [-0.25, -0.2) is 19.6 Å². The molecule has 0 bridgehead atoms. The van der Waals surface area contributed by atoms with Crippen molar-refractivity contribution in [2.75, 3.05) is 23.8 Å². The summed E-state index contributed by atoms with van der Waals surface area (Å²) in [5.41, 5.74) is 2.89. The number of ether oxygens (including phenoxy) is 2. The number of H-pyrrole nitrogens is 1. The molecule has 4 aromatic rings. The zero-order valence-corrected chi connectivity index (χ0v) is 27.5. The molecule has 1 fully saturated rings. The van der Waals surface area contributed by atoms with Gasteiger partial charge in [0, 0.05) is 30.6 Å². The number of piperidine rings is 1. The van der Waals surface area contributed by atoms with Crippen LogP contribution >= 0.6 is 11.6 Å². The summed E-state index contributed by atoms with van der Waals surface area (Å²) in [6.45, 7) is 10.4. The summed E-state index contributed by atoms with van der Waals surface area (Å²) in [5.74, 6) is 0.678. The molecule has 3 heterocycles. The molecule has 3 amide bonds. The Morgan fingerprint density at radius 3 is 2.54 bits per heavy atom. The van der Waals surface area contributed by atoms with Crippen molar-refractivity contribution < 1.29 is 19.1 Å². The summed E-state index contributed by atoms with van der Waals surface area (Å²) in [6.07, 6.45) is 5.78. The van der Waals surface area contributed by atoms with Crippen LogP contribution in [-0.2, 0) is 4.74 Å². The van der Waals surface area contributed by atoms with Gasteiger partial charge in [-0.15, -0.1) is 0 Å². The number of aromatic nitrogens is 3. The largest absolute Gasteiger partial charge is 0.492 e. The average Bonchev–Trinajstić information content (AvgIpc) is 2.97. The number of nitrogens with one attached hydrogen (secondary N) is 3. The Bertz CT molecular complexity index is 1780. The van der Waals surface area contributed by atoms with Crippen LogP contribution in [0.15, 0.2) is 53.7 Å². The van der Waals surface area contributed by atoms with Gasteiger partial charge in [-0.3, -0.25) is 10.1 Å². The van der Waals surface area contributed by atoms with E-state index in [1.807, 2.05) is 52.8 Å². The van der Waals surface area contributed by atoms with E-state index in [1.54, 1.807) is 23.1 Å². The van der Waals surface area contributed by atoms with Crippen molar-refractivity contribution in [2.24, 2.45) is 0 Å². The number of carbonyl (C=O) groups is 2. The molecule has 2 aromatic carbocycles. The average molecular weight is 647 g/mol. The zero-order valence-electron chi connectivity index (χ0n) is 26.7. The topological polar surface area (TPSA) is 139 Å². The number of urea groups is 1. The Labute approximate surface area is 272 Å². The second-order valence-electron chi connectivity index (χ2n) is 12.5. The summed E-state index contributed by atoms with van der Waals surface area (Å²) in [5, 5.41) is 6.19. The highest BCUT2D eigenvalue weighted by Crippen LogP contribution is 2.38. The standard InChI is InChI=1S/C34H39ClN6O5/c1-20-14-21(2)16-22(15-20)29-30(45-13-10-23-8-6-7-12-41(23)33(44)46-34(3,4)5)24-17-27(25(35)18-26(24)38-31(29)42)39-32(43)40-28-9-11-36-19-37-28/h9,11,14-19,23H,6-8,10,12-13H2,1-5H3,(H,38,42)(H2,36,37,39,40,43). The van der Waals surface area contributed by atoms with Crippen molar-refractivity contribution in [3.05, 3.63) is 75.4 Å². The predicted octanol–water partition coefficient (Wildman–Crippen LogP) is 7.46. The maximum atomic E-state index is 13.7. The van der Waals surface area contributed by atoms with Gasteiger partial charge < -0.3 is 24.7 Å². The Hall–Kier alpha value is -4.64. The molecule has 0 radical (unpaired) electrons. The molecule has 0 spiro atoms. The lowest BCUT2D eigenvalue weighted by molar-refractivity contribution is 0.00745. The van der Waals surface area contributed by atoms with Gasteiger partial charge >= 0.3 is 12.1 Å². The molecule has 46 heavy (non-hydrogen) atoms. The number of rotatable bonds is 7. The lowest BCUT2D eigenvalue weighted by Gasteiger charge is -2.36. The zero-order chi connectivity index (χ0) is 33.0. The third-order valence-corrected chi connectivity index (χ3v) is 7.90. The van der Waals surface area contributed by atoms with Crippen LogP contribution in [0.4, 0.5) is 21.1 Å². The highest BCUT2D eigenvalue weighted by atomic mass is 35.5. The molecule has 1 aliphatic rings. The van der Waals surface area contributed by atoms with Crippen LogP contribution < -0.4 is 20.9 Å². The van der Waals surface area contributed by atoms with E-state index in [1.165, 1.54) is 12.5 Å². The minimum atomic E-state index is -0.598. The molecule has 1 aliphatic heterocycles. The number of nitrogens with zero attached hydrogens (tertiary/aromatic N) is 3. The smallest absolute Gasteiger partial charge is 0.410 e. The van der Waals surface area contributed by atoms with Gasteiger partial charge in [-0.2, -0.15) is 0 Å². The van der Waals surface area contributed by atoms with Gasteiger partial charge in [0.15, 0.2) is 0 Å². The molecular weight excluding hydrogens is 608 g/mol. The minimum absolute atomic E-state index is 0.0707. The first-order valence-electron chi connectivity index (χ1n) is 15.3. The number of pyridine rings is 1. The Morgan fingerprint density at radius 2 is 1.85 bits per heavy atom. The van der Waals surface area contributed by atoms with Gasteiger partial charge in [-0.05, 0) is 77.6 Å². The van der Waals surface area contributed by atoms with E-state index in [-0.39, 0.29) is 29.3 Å². The van der Waals surface area contributed by atoms with E-state index in [0.29, 0.717) is 52.3 Å². The van der Waals surface area contributed by atoms with Gasteiger partial charge in [0.05, 0.1) is 28.4 Å². The Balaban J connectivity index is 1.50. The van der Waals surface area contributed by atoms with Crippen molar-refractivity contribution in [3.8, 4) is 16.9 Å². The number of halogens is 1. The number of carbonyl (C=O) groups excluding carboxylic acids is 2. The normalized spacial score (nSPS) is 15.0. The molecule has 11 nitrogen and oxygen atoms in total. The third-order valence-electron chi connectivity index (χ3n) is 7.59. The fourth-order valence-corrected chi connectivity index (χ4v) is 5.92. The Kier molecular flexibility index (Phi) is 9.81. The number of likely N-dealkylation sites (tertiary alicyclic amines) is 1. The molecule has 242 valence electrons. The first-order valence-corrected chi connectivity index (χ1v) is 15.7. The molecule has 12 heteroatoms. The van der Waals surface area contributed by atoms with Crippen LogP contribution in [0.2, 0.25) is 5.02 Å². The minimum Gasteiger partial charge on any atom is -0.492 e. The maximum Gasteiger partial charge on any atom is 0.410 e. The first-order chi connectivity index (χ1) is 21.9. The second kappa shape index (κ2) is 13.8. The fourth-order valence-electron chi connectivity index (χ4n) is 5.71. The van der Waals surface area contributed by atoms with Crippen LogP contribution in [0, 0.1) is 13.8 Å². The number of fused-ring (bicyclic) bond motifs is 1. The van der Waals surface area contributed by atoms with E-state index in [0.717, 1.165) is 30.4 Å². The number of aromatic amines is 1. The number of amides is 3.